The minimum Gasteiger partial charge on any atom is -0.393 e. The molecule has 0 saturated heterocycles. The third-order valence-electron chi connectivity index (χ3n) is 4.29. The summed E-state index contributed by atoms with van der Waals surface area (Å²) in [5, 5.41) is 10.0. The topological polar surface area (TPSA) is 33.1 Å². The standard InChI is InChI=1S/C14H19NO/c16-13-8-2-6-11(13)12-7-1-4-10-5-3-9-15-14(10)12/h3,5,9,11-13,16H,1-2,4,6-8H2. The van der Waals surface area contributed by atoms with Gasteiger partial charge in [-0.1, -0.05) is 12.5 Å². The number of fused-ring (bicyclic) bond motifs is 1. The Balaban J connectivity index is 1.92. The van der Waals surface area contributed by atoms with Crippen LogP contribution in [0.3, 0.4) is 0 Å². The van der Waals surface area contributed by atoms with Crippen LogP contribution in [0.15, 0.2) is 18.3 Å². The molecule has 2 aliphatic rings. The van der Waals surface area contributed by atoms with E-state index < -0.39 is 0 Å². The maximum atomic E-state index is 10.0. The lowest BCUT2D eigenvalue weighted by molar-refractivity contribution is 0.112. The second-order valence-corrected chi connectivity index (χ2v) is 5.21. The average Bonchev–Trinajstić information content (AvgIpc) is 2.75. The lowest BCUT2D eigenvalue weighted by Crippen LogP contribution is -2.25. The van der Waals surface area contributed by atoms with Crippen molar-refractivity contribution in [2.75, 3.05) is 0 Å². The van der Waals surface area contributed by atoms with Crippen LogP contribution < -0.4 is 0 Å². The molecule has 86 valence electrons. The summed E-state index contributed by atoms with van der Waals surface area (Å²) in [5.74, 6) is 0.983. The first kappa shape index (κ1) is 10.3. The highest BCUT2D eigenvalue weighted by molar-refractivity contribution is 5.27. The maximum absolute atomic E-state index is 10.0. The fourth-order valence-electron chi connectivity index (χ4n) is 3.50. The van der Waals surface area contributed by atoms with Crippen LogP contribution in [0.2, 0.25) is 0 Å². The van der Waals surface area contributed by atoms with Crippen molar-refractivity contribution in [3.8, 4) is 0 Å². The molecule has 0 bridgehead atoms. The van der Waals surface area contributed by atoms with Crippen LogP contribution in [0.1, 0.15) is 49.3 Å². The Bertz CT molecular complexity index is 377. The zero-order valence-corrected chi connectivity index (χ0v) is 9.60. The third-order valence-corrected chi connectivity index (χ3v) is 4.29. The molecule has 1 aromatic heterocycles. The van der Waals surface area contributed by atoms with E-state index in [0.29, 0.717) is 11.8 Å². The number of hydrogen-bond acceptors (Lipinski definition) is 2. The number of aliphatic hydroxyl groups is 1. The highest BCUT2D eigenvalue weighted by atomic mass is 16.3. The van der Waals surface area contributed by atoms with Gasteiger partial charge in [0.15, 0.2) is 0 Å². The fourth-order valence-corrected chi connectivity index (χ4v) is 3.50. The van der Waals surface area contributed by atoms with Gasteiger partial charge >= 0.3 is 0 Å². The molecule has 2 heteroatoms. The van der Waals surface area contributed by atoms with Gasteiger partial charge < -0.3 is 5.11 Å². The van der Waals surface area contributed by atoms with E-state index in [9.17, 15) is 5.11 Å². The SMILES string of the molecule is OC1CCCC1C1CCCc2cccnc21. The number of aliphatic hydroxyl groups excluding tert-OH is 1. The third kappa shape index (κ3) is 1.65. The molecule has 16 heavy (non-hydrogen) atoms. The number of aryl methyl sites for hydroxylation is 1. The van der Waals surface area contributed by atoms with E-state index in [1.165, 1.54) is 43.4 Å². The zero-order chi connectivity index (χ0) is 11.0. The molecular formula is C14H19NO. The smallest absolute Gasteiger partial charge is 0.0574 e. The highest BCUT2D eigenvalue weighted by Gasteiger charge is 2.36. The van der Waals surface area contributed by atoms with Gasteiger partial charge in [0.05, 0.1) is 6.10 Å². The van der Waals surface area contributed by atoms with Crippen LogP contribution in [0.4, 0.5) is 0 Å². The number of pyridine rings is 1. The molecule has 1 aromatic rings. The van der Waals surface area contributed by atoms with Crippen molar-refractivity contribution in [2.45, 2.75) is 50.5 Å². The summed E-state index contributed by atoms with van der Waals surface area (Å²) in [4.78, 5) is 4.57. The van der Waals surface area contributed by atoms with E-state index in [1.54, 1.807) is 0 Å². The van der Waals surface area contributed by atoms with E-state index in [1.807, 2.05) is 12.3 Å². The molecule has 3 atom stereocenters. The Morgan fingerprint density at radius 2 is 2.12 bits per heavy atom. The van der Waals surface area contributed by atoms with Gasteiger partial charge in [-0.3, -0.25) is 4.98 Å². The van der Waals surface area contributed by atoms with Crippen LogP contribution in [0.25, 0.3) is 0 Å². The molecule has 0 amide bonds. The summed E-state index contributed by atoms with van der Waals surface area (Å²) >= 11 is 0. The molecule has 2 nitrogen and oxygen atoms in total. The number of rotatable bonds is 1. The van der Waals surface area contributed by atoms with E-state index in [-0.39, 0.29) is 6.10 Å². The minimum absolute atomic E-state index is 0.0852. The summed E-state index contributed by atoms with van der Waals surface area (Å²) in [5.41, 5.74) is 2.69. The summed E-state index contributed by atoms with van der Waals surface area (Å²) in [6, 6.07) is 4.24. The zero-order valence-electron chi connectivity index (χ0n) is 9.60. The Morgan fingerprint density at radius 1 is 1.19 bits per heavy atom. The van der Waals surface area contributed by atoms with E-state index in [4.69, 9.17) is 0 Å². The molecule has 0 radical (unpaired) electrons. The van der Waals surface area contributed by atoms with Gasteiger partial charge in [-0.2, -0.15) is 0 Å². The quantitative estimate of drug-likeness (QED) is 0.784. The van der Waals surface area contributed by atoms with Crippen molar-refractivity contribution in [1.82, 2.24) is 4.98 Å². The predicted molar refractivity (Wildman–Crippen MR) is 63.3 cm³/mol. The molecule has 0 aromatic carbocycles. The van der Waals surface area contributed by atoms with Gasteiger partial charge in [0.2, 0.25) is 0 Å². The average molecular weight is 217 g/mol. The first-order chi connectivity index (χ1) is 7.86. The molecule has 0 aliphatic heterocycles. The lowest BCUT2D eigenvalue weighted by Gasteiger charge is -2.30. The second-order valence-electron chi connectivity index (χ2n) is 5.21. The van der Waals surface area contributed by atoms with Crippen molar-refractivity contribution < 1.29 is 5.11 Å². The van der Waals surface area contributed by atoms with Gasteiger partial charge in [-0.15, -0.1) is 0 Å². The lowest BCUT2D eigenvalue weighted by atomic mass is 9.77. The number of nitrogens with zero attached hydrogens (tertiary/aromatic N) is 1. The molecular weight excluding hydrogens is 198 g/mol. The minimum atomic E-state index is -0.0852. The molecule has 2 aliphatic carbocycles. The summed E-state index contributed by atoms with van der Waals surface area (Å²) < 4.78 is 0. The molecule has 3 rings (SSSR count). The van der Waals surface area contributed by atoms with Crippen LogP contribution >= 0.6 is 0 Å². The van der Waals surface area contributed by atoms with Gasteiger partial charge in [-0.25, -0.2) is 0 Å². The second kappa shape index (κ2) is 4.17. The van der Waals surface area contributed by atoms with Gasteiger partial charge in [0, 0.05) is 17.8 Å². The van der Waals surface area contributed by atoms with E-state index in [0.717, 1.165) is 6.42 Å². The van der Waals surface area contributed by atoms with Crippen LogP contribution in [-0.2, 0) is 6.42 Å². The molecule has 1 heterocycles. The van der Waals surface area contributed by atoms with Crippen LogP contribution in [0, 0.1) is 5.92 Å². The van der Waals surface area contributed by atoms with Crippen molar-refractivity contribution in [1.29, 1.82) is 0 Å². The fraction of sp³-hybridized carbons (Fsp3) is 0.643. The molecule has 0 spiro atoms. The maximum Gasteiger partial charge on any atom is 0.0574 e. The van der Waals surface area contributed by atoms with Gasteiger partial charge in [0.1, 0.15) is 0 Å². The van der Waals surface area contributed by atoms with Gasteiger partial charge in [-0.05, 0) is 49.7 Å². The molecule has 1 N–H and O–H groups in total. The summed E-state index contributed by atoms with van der Waals surface area (Å²) in [7, 11) is 0. The van der Waals surface area contributed by atoms with Crippen molar-refractivity contribution >= 4 is 0 Å². The first-order valence-electron chi connectivity index (χ1n) is 6.48. The van der Waals surface area contributed by atoms with Gasteiger partial charge in [0.25, 0.3) is 0 Å². The van der Waals surface area contributed by atoms with Crippen LogP contribution in [0.5, 0.6) is 0 Å². The summed E-state index contributed by atoms with van der Waals surface area (Å²) in [6.45, 7) is 0. The Kier molecular flexibility index (Phi) is 2.68. The predicted octanol–water partition coefficient (Wildman–Crippen LogP) is 2.66. The number of hydrogen-bond donors (Lipinski definition) is 1. The number of aromatic nitrogens is 1. The molecule has 3 unspecified atom stereocenters. The van der Waals surface area contributed by atoms with Crippen molar-refractivity contribution in [3.05, 3.63) is 29.6 Å². The van der Waals surface area contributed by atoms with Crippen molar-refractivity contribution in [3.63, 3.8) is 0 Å². The van der Waals surface area contributed by atoms with E-state index >= 15 is 0 Å². The normalized spacial score (nSPS) is 33.7. The Labute approximate surface area is 96.7 Å². The van der Waals surface area contributed by atoms with Crippen LogP contribution in [-0.4, -0.2) is 16.2 Å². The van der Waals surface area contributed by atoms with E-state index in [2.05, 4.69) is 11.1 Å². The van der Waals surface area contributed by atoms with Crippen molar-refractivity contribution in [2.24, 2.45) is 5.92 Å². The first-order valence-corrected chi connectivity index (χ1v) is 6.48. The largest absolute Gasteiger partial charge is 0.393 e. The Morgan fingerprint density at radius 3 is 2.94 bits per heavy atom. The monoisotopic (exact) mass is 217 g/mol. The Hall–Kier alpha value is -0.890. The molecule has 1 fully saturated rings. The summed E-state index contributed by atoms with van der Waals surface area (Å²) in [6.07, 6.45) is 8.81. The molecule has 1 saturated carbocycles. The highest BCUT2D eigenvalue weighted by Crippen LogP contribution is 2.42.